The Labute approximate surface area is 264 Å². The molecule has 2 amide bonds. The molecule has 1 aromatic heterocycles. The number of anilines is 1. The summed E-state index contributed by atoms with van der Waals surface area (Å²) in [6, 6.07) is -0.461. The highest BCUT2D eigenvalue weighted by Gasteiger charge is 2.40. The van der Waals surface area contributed by atoms with Gasteiger partial charge in [0.05, 0.1) is 25.9 Å². The van der Waals surface area contributed by atoms with Gasteiger partial charge in [-0.3, -0.25) is 9.59 Å². The van der Waals surface area contributed by atoms with Crippen molar-refractivity contribution in [3.63, 3.8) is 0 Å². The molecule has 248 valence electrons. The molecule has 1 fully saturated rings. The number of likely N-dealkylation sites (tertiary alicyclic amines) is 1. The van der Waals surface area contributed by atoms with E-state index in [0.29, 0.717) is 51.7 Å². The minimum Gasteiger partial charge on any atom is -0.379 e. The fourth-order valence-electron chi connectivity index (χ4n) is 5.39. The average molecular weight is 628 g/mol. The number of nitrogen functional groups attached to an aromatic ring is 1. The van der Waals surface area contributed by atoms with Gasteiger partial charge in [0, 0.05) is 63.5 Å². The molecule has 11 nitrogen and oxygen atoms in total. The topological polar surface area (TPSA) is 150 Å². The maximum Gasteiger partial charge on any atom is 0.237 e. The van der Waals surface area contributed by atoms with Gasteiger partial charge in [0.1, 0.15) is 0 Å². The molecule has 2 atom stereocenters. The molecule has 1 aliphatic heterocycles. The first-order chi connectivity index (χ1) is 20.7. The van der Waals surface area contributed by atoms with E-state index < -0.39 is 6.04 Å². The molecule has 1 saturated heterocycles. The molecular weight excluding hydrogens is 570 g/mol. The van der Waals surface area contributed by atoms with Gasteiger partial charge in [-0.2, -0.15) is 0 Å². The summed E-state index contributed by atoms with van der Waals surface area (Å²) in [6.45, 7) is 10.8. The molecule has 0 radical (unpaired) electrons. The second-order valence-electron chi connectivity index (χ2n) is 12.4. The summed E-state index contributed by atoms with van der Waals surface area (Å²) in [6.07, 6.45) is 13.9. The molecule has 1 aliphatic rings. The van der Waals surface area contributed by atoms with E-state index in [4.69, 9.17) is 32.5 Å². The van der Waals surface area contributed by atoms with E-state index in [-0.39, 0.29) is 23.3 Å². The molecule has 6 N–H and O–H groups in total. The number of nitrogens with one attached hydrogen (secondary N) is 2. The lowest BCUT2D eigenvalue weighted by Crippen LogP contribution is -2.50. The molecule has 0 spiro atoms. The summed E-state index contributed by atoms with van der Waals surface area (Å²) in [4.78, 5) is 31.3. The number of unbranched alkanes of at least 4 members (excludes halogenated alkanes) is 6. The highest BCUT2D eigenvalue weighted by atomic mass is 35.5. The summed E-state index contributed by atoms with van der Waals surface area (Å²) >= 11 is 5.66. The third-order valence-corrected chi connectivity index (χ3v) is 8.34. The van der Waals surface area contributed by atoms with Crippen molar-refractivity contribution in [2.75, 3.05) is 64.2 Å². The van der Waals surface area contributed by atoms with Crippen LogP contribution in [0.3, 0.4) is 0 Å². The predicted octanol–water partition coefficient (Wildman–Crippen LogP) is 3.30. The summed E-state index contributed by atoms with van der Waals surface area (Å²) in [5, 5.41) is 6.14. The Morgan fingerprint density at radius 2 is 1.74 bits per heavy atom. The minimum absolute atomic E-state index is 0.0142. The van der Waals surface area contributed by atoms with Crippen LogP contribution in [0.2, 0.25) is 0 Å². The number of hydrogen-bond acceptors (Lipinski definition) is 8. The number of nitrogens with two attached hydrogens (primary N) is 2. The molecular formula is C31H58ClN7O4. The van der Waals surface area contributed by atoms with E-state index in [1.807, 2.05) is 10.8 Å². The highest BCUT2D eigenvalue weighted by Crippen LogP contribution is 2.30. The Morgan fingerprint density at radius 3 is 2.49 bits per heavy atom. The van der Waals surface area contributed by atoms with Crippen molar-refractivity contribution in [1.82, 2.24) is 25.1 Å². The van der Waals surface area contributed by atoms with Gasteiger partial charge in [0.15, 0.2) is 5.95 Å². The number of hydrogen-bond donors (Lipinski definition) is 4. The fourth-order valence-corrected chi connectivity index (χ4v) is 5.58. The van der Waals surface area contributed by atoms with Crippen LogP contribution in [0.4, 0.5) is 5.95 Å². The van der Waals surface area contributed by atoms with Crippen molar-refractivity contribution in [1.29, 1.82) is 0 Å². The van der Waals surface area contributed by atoms with Crippen LogP contribution in [0.25, 0.3) is 0 Å². The lowest BCUT2D eigenvalue weighted by Gasteiger charge is -2.27. The van der Waals surface area contributed by atoms with Gasteiger partial charge < -0.3 is 41.0 Å². The molecule has 0 bridgehead atoms. The summed E-state index contributed by atoms with van der Waals surface area (Å²) in [5.74, 6) is 1.21. The van der Waals surface area contributed by atoms with Crippen molar-refractivity contribution < 1.29 is 19.1 Å². The van der Waals surface area contributed by atoms with E-state index in [0.717, 1.165) is 89.9 Å². The number of carbonyl (C=O) groups excluding carboxylic acids is 2. The zero-order valence-corrected chi connectivity index (χ0v) is 27.4. The third-order valence-electron chi connectivity index (χ3n) is 8.07. The van der Waals surface area contributed by atoms with Crippen LogP contribution >= 0.6 is 11.6 Å². The van der Waals surface area contributed by atoms with Crippen molar-refractivity contribution in [3.8, 4) is 0 Å². The molecule has 43 heavy (non-hydrogen) atoms. The number of aromatic nitrogens is 2. The summed E-state index contributed by atoms with van der Waals surface area (Å²) in [7, 11) is 0. The summed E-state index contributed by atoms with van der Waals surface area (Å²) in [5.41, 5.74) is 12.0. The van der Waals surface area contributed by atoms with Crippen LogP contribution in [0.1, 0.15) is 84.5 Å². The normalized spacial score (nSPS) is 17.3. The Kier molecular flexibility index (Phi) is 18.8. The van der Waals surface area contributed by atoms with Crippen LogP contribution in [-0.4, -0.2) is 96.8 Å². The third kappa shape index (κ3) is 16.1. The largest absolute Gasteiger partial charge is 0.379 e. The second-order valence-corrected chi connectivity index (χ2v) is 12.7. The van der Waals surface area contributed by atoms with Gasteiger partial charge in [0.2, 0.25) is 11.8 Å². The van der Waals surface area contributed by atoms with Crippen LogP contribution in [0.5, 0.6) is 0 Å². The van der Waals surface area contributed by atoms with Crippen molar-refractivity contribution >= 4 is 29.4 Å². The first-order valence-electron chi connectivity index (χ1n) is 16.3. The fraction of sp³-hybridized carbons (Fsp3) is 0.839. The SMILES string of the molecule is CC1(C)CN(CCCCCCC(=O)NCCOCCOCCCCCCCl)C[C@@H]1NC(=O)[C@@H](N)CCCn1ccnc1N. The van der Waals surface area contributed by atoms with E-state index in [1.165, 1.54) is 0 Å². The maximum absolute atomic E-state index is 12.8. The number of aryl methyl sites for hydroxylation is 1. The predicted molar refractivity (Wildman–Crippen MR) is 173 cm³/mol. The number of carbonyl (C=O) groups is 2. The van der Waals surface area contributed by atoms with E-state index in [2.05, 4.69) is 34.4 Å². The minimum atomic E-state index is -0.537. The molecule has 1 aromatic rings. The van der Waals surface area contributed by atoms with Gasteiger partial charge in [-0.1, -0.05) is 39.5 Å². The highest BCUT2D eigenvalue weighted by molar-refractivity contribution is 6.17. The lowest BCUT2D eigenvalue weighted by molar-refractivity contribution is -0.124. The van der Waals surface area contributed by atoms with Gasteiger partial charge in [-0.05, 0) is 50.5 Å². The quantitative estimate of drug-likeness (QED) is 0.0953. The molecule has 12 heteroatoms. The second kappa shape index (κ2) is 21.7. The number of rotatable bonds is 25. The molecule has 0 aliphatic carbocycles. The Bertz CT molecular complexity index is 901. The first-order valence-corrected chi connectivity index (χ1v) is 16.8. The Hall–Kier alpha value is -1.92. The number of nitrogens with zero attached hydrogens (tertiary/aromatic N) is 3. The Morgan fingerprint density at radius 1 is 1.02 bits per heavy atom. The zero-order chi connectivity index (χ0) is 31.3. The number of amides is 2. The molecule has 2 heterocycles. The van der Waals surface area contributed by atoms with Gasteiger partial charge in [-0.15, -0.1) is 11.6 Å². The van der Waals surface area contributed by atoms with Crippen molar-refractivity contribution in [2.45, 2.75) is 103 Å². The maximum atomic E-state index is 12.8. The standard InChI is InChI=1S/C31H58ClN7O4/c1-31(2)25-38(24-27(31)37-29(41)26(33)12-11-18-39-19-15-36-30(39)34)17-9-5-3-7-13-28(40)35-16-21-43-23-22-42-20-10-6-4-8-14-32/h15,19,26-27H,3-14,16-18,20-25,33H2,1-2H3,(H2,34,36)(H,35,40)(H,37,41)/t26-,27-/m0/s1. The number of imidazole rings is 1. The van der Waals surface area contributed by atoms with Crippen LogP contribution in [0, 0.1) is 5.41 Å². The lowest BCUT2D eigenvalue weighted by atomic mass is 9.87. The van der Waals surface area contributed by atoms with Gasteiger partial charge in [-0.25, -0.2) is 4.98 Å². The van der Waals surface area contributed by atoms with Crippen LogP contribution < -0.4 is 22.1 Å². The number of alkyl halides is 1. The van der Waals surface area contributed by atoms with E-state index >= 15 is 0 Å². The average Bonchev–Trinajstić information content (AvgIpc) is 3.51. The van der Waals surface area contributed by atoms with Gasteiger partial charge >= 0.3 is 0 Å². The smallest absolute Gasteiger partial charge is 0.237 e. The monoisotopic (exact) mass is 627 g/mol. The molecule has 2 rings (SSSR count). The zero-order valence-electron chi connectivity index (χ0n) is 26.7. The van der Waals surface area contributed by atoms with Crippen LogP contribution in [-0.2, 0) is 25.6 Å². The molecule has 0 unspecified atom stereocenters. The van der Waals surface area contributed by atoms with E-state index in [1.54, 1.807) is 6.20 Å². The van der Waals surface area contributed by atoms with Crippen molar-refractivity contribution in [3.05, 3.63) is 12.4 Å². The van der Waals surface area contributed by atoms with Crippen LogP contribution in [0.15, 0.2) is 12.4 Å². The van der Waals surface area contributed by atoms with Crippen molar-refractivity contribution in [2.24, 2.45) is 11.1 Å². The summed E-state index contributed by atoms with van der Waals surface area (Å²) < 4.78 is 12.9. The molecule has 0 aromatic carbocycles. The van der Waals surface area contributed by atoms with Gasteiger partial charge in [0.25, 0.3) is 0 Å². The first kappa shape index (κ1) is 37.3. The molecule has 0 saturated carbocycles. The number of halogens is 1. The Balaban J connectivity index is 1.44. The number of ether oxygens (including phenoxy) is 2. The van der Waals surface area contributed by atoms with E-state index in [9.17, 15) is 9.59 Å².